The van der Waals surface area contributed by atoms with E-state index in [1.807, 2.05) is 0 Å². The van der Waals surface area contributed by atoms with Gasteiger partial charge in [0.15, 0.2) is 0 Å². The van der Waals surface area contributed by atoms with Crippen molar-refractivity contribution in [2.24, 2.45) is 5.84 Å². The van der Waals surface area contributed by atoms with Crippen LogP contribution in [0.1, 0.15) is 25.3 Å². The molecule has 0 saturated carbocycles. The van der Waals surface area contributed by atoms with Gasteiger partial charge in [-0.05, 0) is 12.2 Å². The molecular formula is C10H19N5S. The summed E-state index contributed by atoms with van der Waals surface area (Å²) in [6.45, 7) is 5.08. The minimum Gasteiger partial charge on any atom is -0.369 e. The van der Waals surface area contributed by atoms with E-state index in [-0.39, 0.29) is 0 Å². The van der Waals surface area contributed by atoms with E-state index in [0.29, 0.717) is 11.7 Å². The highest BCUT2D eigenvalue weighted by Crippen LogP contribution is 2.27. The van der Waals surface area contributed by atoms with Crippen LogP contribution in [0, 0.1) is 0 Å². The molecule has 0 bridgehead atoms. The number of nitrogen functional groups attached to an aromatic ring is 1. The molecule has 6 heteroatoms. The SMILES string of the molecule is CSCCNc1ncnc(NN)c1C(C)C. The number of nitrogens with two attached hydrogens (primary N) is 1. The summed E-state index contributed by atoms with van der Waals surface area (Å²) in [4.78, 5) is 8.37. The fraction of sp³-hybridized carbons (Fsp3) is 0.600. The Labute approximate surface area is 101 Å². The van der Waals surface area contributed by atoms with Crippen molar-refractivity contribution >= 4 is 23.4 Å². The fourth-order valence-corrected chi connectivity index (χ4v) is 1.78. The Balaban J connectivity index is 2.89. The van der Waals surface area contributed by atoms with E-state index in [2.05, 4.69) is 40.8 Å². The van der Waals surface area contributed by atoms with Crippen molar-refractivity contribution in [3.8, 4) is 0 Å². The van der Waals surface area contributed by atoms with E-state index in [0.717, 1.165) is 23.7 Å². The average Bonchev–Trinajstić information content (AvgIpc) is 2.28. The van der Waals surface area contributed by atoms with Gasteiger partial charge in [0.25, 0.3) is 0 Å². The third kappa shape index (κ3) is 3.24. The van der Waals surface area contributed by atoms with Gasteiger partial charge in [-0.2, -0.15) is 11.8 Å². The zero-order valence-corrected chi connectivity index (χ0v) is 10.8. The zero-order chi connectivity index (χ0) is 12.0. The van der Waals surface area contributed by atoms with Crippen LogP contribution in [-0.4, -0.2) is 28.5 Å². The lowest BCUT2D eigenvalue weighted by molar-refractivity contribution is 0.846. The Morgan fingerprint density at radius 2 is 2.06 bits per heavy atom. The smallest absolute Gasteiger partial charge is 0.148 e. The fourth-order valence-electron chi connectivity index (χ4n) is 1.47. The molecular weight excluding hydrogens is 222 g/mol. The Bertz CT molecular complexity index is 329. The molecule has 4 N–H and O–H groups in total. The largest absolute Gasteiger partial charge is 0.369 e. The first-order valence-electron chi connectivity index (χ1n) is 5.25. The number of nitrogens with one attached hydrogen (secondary N) is 2. The maximum Gasteiger partial charge on any atom is 0.148 e. The molecule has 5 nitrogen and oxygen atoms in total. The third-order valence-corrected chi connectivity index (χ3v) is 2.81. The number of anilines is 2. The molecule has 1 rings (SSSR count). The number of hydrazine groups is 1. The topological polar surface area (TPSA) is 75.9 Å². The van der Waals surface area contributed by atoms with Crippen molar-refractivity contribution in [3.05, 3.63) is 11.9 Å². The van der Waals surface area contributed by atoms with Crippen molar-refractivity contribution in [2.45, 2.75) is 19.8 Å². The molecule has 0 spiro atoms. The molecule has 1 aromatic heterocycles. The minimum absolute atomic E-state index is 0.323. The second kappa shape index (κ2) is 6.55. The molecule has 90 valence electrons. The van der Waals surface area contributed by atoms with E-state index in [9.17, 15) is 0 Å². The van der Waals surface area contributed by atoms with Gasteiger partial charge in [-0.3, -0.25) is 0 Å². The molecule has 1 aromatic rings. The van der Waals surface area contributed by atoms with Crippen LogP contribution in [0.5, 0.6) is 0 Å². The summed E-state index contributed by atoms with van der Waals surface area (Å²) >= 11 is 1.80. The second-order valence-corrected chi connectivity index (χ2v) is 4.69. The molecule has 0 atom stereocenters. The number of hydrogen-bond acceptors (Lipinski definition) is 6. The summed E-state index contributed by atoms with van der Waals surface area (Å²) in [7, 11) is 0. The normalized spacial score (nSPS) is 10.6. The first kappa shape index (κ1) is 13.1. The lowest BCUT2D eigenvalue weighted by Crippen LogP contribution is -2.16. The van der Waals surface area contributed by atoms with E-state index >= 15 is 0 Å². The van der Waals surface area contributed by atoms with Crippen LogP contribution in [0.25, 0.3) is 0 Å². The van der Waals surface area contributed by atoms with Gasteiger partial charge in [-0.15, -0.1) is 0 Å². The first-order valence-corrected chi connectivity index (χ1v) is 6.64. The van der Waals surface area contributed by atoms with Gasteiger partial charge >= 0.3 is 0 Å². The van der Waals surface area contributed by atoms with Gasteiger partial charge < -0.3 is 10.7 Å². The molecule has 0 aliphatic heterocycles. The van der Waals surface area contributed by atoms with Crippen LogP contribution < -0.4 is 16.6 Å². The van der Waals surface area contributed by atoms with Gasteiger partial charge in [0.1, 0.15) is 18.0 Å². The standard InChI is InChI=1S/C10H19N5S/c1-7(2)8-9(12-4-5-16-3)13-6-14-10(8)15-11/h6-7H,4-5,11H2,1-3H3,(H2,12,13,14,15). The Hall–Kier alpha value is -1.01. The summed E-state index contributed by atoms with van der Waals surface area (Å²) in [5, 5.41) is 3.30. The number of thioether (sulfide) groups is 1. The lowest BCUT2D eigenvalue weighted by Gasteiger charge is -2.16. The van der Waals surface area contributed by atoms with Gasteiger partial charge in [0, 0.05) is 17.9 Å². The summed E-state index contributed by atoms with van der Waals surface area (Å²) in [6.07, 6.45) is 3.60. The minimum atomic E-state index is 0.323. The second-order valence-electron chi connectivity index (χ2n) is 3.70. The van der Waals surface area contributed by atoms with Gasteiger partial charge in [-0.25, -0.2) is 15.8 Å². The van der Waals surface area contributed by atoms with Crippen molar-refractivity contribution in [3.63, 3.8) is 0 Å². The van der Waals surface area contributed by atoms with E-state index < -0.39 is 0 Å². The maximum atomic E-state index is 5.44. The quantitative estimate of drug-likeness (QED) is 0.399. The van der Waals surface area contributed by atoms with Gasteiger partial charge in [-0.1, -0.05) is 13.8 Å². The first-order chi connectivity index (χ1) is 7.70. The molecule has 0 unspecified atom stereocenters. The molecule has 0 aliphatic carbocycles. The summed E-state index contributed by atoms with van der Waals surface area (Å²) in [5.74, 6) is 8.37. The molecule has 0 amide bonds. The molecule has 1 heterocycles. The van der Waals surface area contributed by atoms with Crippen LogP contribution in [-0.2, 0) is 0 Å². The van der Waals surface area contributed by atoms with E-state index in [1.54, 1.807) is 11.8 Å². The van der Waals surface area contributed by atoms with Gasteiger partial charge in [0.05, 0.1) is 0 Å². The Kier molecular flexibility index (Phi) is 5.34. The Morgan fingerprint density at radius 1 is 1.38 bits per heavy atom. The molecule has 16 heavy (non-hydrogen) atoms. The molecule has 0 fully saturated rings. The number of rotatable bonds is 6. The highest BCUT2D eigenvalue weighted by Gasteiger charge is 2.13. The van der Waals surface area contributed by atoms with Crippen LogP contribution >= 0.6 is 11.8 Å². The average molecular weight is 241 g/mol. The Morgan fingerprint density at radius 3 is 2.62 bits per heavy atom. The molecule has 0 aromatic carbocycles. The highest BCUT2D eigenvalue weighted by atomic mass is 32.2. The zero-order valence-electron chi connectivity index (χ0n) is 9.95. The lowest BCUT2D eigenvalue weighted by atomic mass is 10.0. The number of aromatic nitrogens is 2. The van der Waals surface area contributed by atoms with Crippen LogP contribution in [0.3, 0.4) is 0 Å². The van der Waals surface area contributed by atoms with Crippen molar-refractivity contribution in [1.82, 2.24) is 9.97 Å². The van der Waals surface area contributed by atoms with E-state index in [4.69, 9.17) is 5.84 Å². The predicted octanol–water partition coefficient (Wildman–Crippen LogP) is 1.66. The number of nitrogens with zero attached hydrogens (tertiary/aromatic N) is 2. The molecule has 0 aliphatic rings. The predicted molar refractivity (Wildman–Crippen MR) is 70.8 cm³/mol. The van der Waals surface area contributed by atoms with Gasteiger partial charge in [0.2, 0.25) is 0 Å². The summed E-state index contributed by atoms with van der Waals surface area (Å²) in [5.41, 5.74) is 3.64. The third-order valence-electron chi connectivity index (χ3n) is 2.20. The molecule has 0 radical (unpaired) electrons. The summed E-state index contributed by atoms with van der Waals surface area (Å²) in [6, 6.07) is 0. The van der Waals surface area contributed by atoms with Crippen molar-refractivity contribution in [1.29, 1.82) is 0 Å². The monoisotopic (exact) mass is 241 g/mol. The number of hydrogen-bond donors (Lipinski definition) is 3. The van der Waals surface area contributed by atoms with Crippen molar-refractivity contribution < 1.29 is 0 Å². The van der Waals surface area contributed by atoms with Crippen LogP contribution in [0.15, 0.2) is 6.33 Å². The molecule has 0 saturated heterocycles. The maximum absolute atomic E-state index is 5.44. The summed E-state index contributed by atoms with van der Waals surface area (Å²) < 4.78 is 0. The van der Waals surface area contributed by atoms with Crippen LogP contribution in [0.4, 0.5) is 11.6 Å². The van der Waals surface area contributed by atoms with Crippen LogP contribution in [0.2, 0.25) is 0 Å². The van der Waals surface area contributed by atoms with Crippen molar-refractivity contribution in [2.75, 3.05) is 29.3 Å². The van der Waals surface area contributed by atoms with E-state index in [1.165, 1.54) is 6.33 Å². The highest BCUT2D eigenvalue weighted by molar-refractivity contribution is 7.98.